The maximum atomic E-state index is 5.58. The summed E-state index contributed by atoms with van der Waals surface area (Å²) in [6.45, 7) is 2.93. The predicted octanol–water partition coefficient (Wildman–Crippen LogP) is -0.312. The summed E-state index contributed by atoms with van der Waals surface area (Å²) in [7, 11) is 0.148. The minimum absolute atomic E-state index is 0.148. The van der Waals surface area contributed by atoms with Crippen LogP contribution >= 0.6 is 0 Å². The zero-order valence-electron chi connectivity index (χ0n) is 6.27. The molecule has 0 bridgehead atoms. The standard InChI is InChI=1S/C6H18N2Si/c1-6(8)5-9-4-2-3-7/h6H,2-5,7-9H2,1H3. The number of nitrogens with two attached hydrogens (primary N) is 2. The molecule has 0 aromatic heterocycles. The number of hydrogen-bond acceptors (Lipinski definition) is 2. The van der Waals surface area contributed by atoms with Gasteiger partial charge in [0.1, 0.15) is 0 Å². The van der Waals surface area contributed by atoms with Gasteiger partial charge in [0.25, 0.3) is 0 Å². The van der Waals surface area contributed by atoms with Crippen molar-refractivity contribution in [3.05, 3.63) is 0 Å². The molecule has 0 heterocycles. The van der Waals surface area contributed by atoms with E-state index in [0.717, 1.165) is 6.54 Å². The van der Waals surface area contributed by atoms with Crippen LogP contribution in [-0.4, -0.2) is 22.1 Å². The van der Waals surface area contributed by atoms with E-state index in [4.69, 9.17) is 11.5 Å². The Labute approximate surface area is 59.8 Å². The van der Waals surface area contributed by atoms with E-state index >= 15 is 0 Å². The van der Waals surface area contributed by atoms with Crippen molar-refractivity contribution < 1.29 is 0 Å². The fourth-order valence-corrected chi connectivity index (χ4v) is 2.36. The Kier molecular flexibility index (Phi) is 6.35. The van der Waals surface area contributed by atoms with E-state index in [1.165, 1.54) is 18.5 Å². The highest BCUT2D eigenvalue weighted by Crippen LogP contribution is 1.92. The highest BCUT2D eigenvalue weighted by molar-refractivity contribution is 6.35. The van der Waals surface area contributed by atoms with Crippen molar-refractivity contribution in [2.24, 2.45) is 11.5 Å². The number of rotatable bonds is 5. The third kappa shape index (κ3) is 8.14. The zero-order valence-corrected chi connectivity index (χ0v) is 7.68. The third-order valence-corrected chi connectivity index (χ3v) is 3.68. The topological polar surface area (TPSA) is 52.0 Å². The second-order valence-corrected chi connectivity index (χ2v) is 4.61. The lowest BCUT2D eigenvalue weighted by Gasteiger charge is -2.01. The normalized spacial score (nSPS) is 15.0. The molecule has 4 N–H and O–H groups in total. The lowest BCUT2D eigenvalue weighted by Crippen LogP contribution is -2.16. The van der Waals surface area contributed by atoms with Gasteiger partial charge in [-0.25, -0.2) is 0 Å². The van der Waals surface area contributed by atoms with Crippen LogP contribution in [0.3, 0.4) is 0 Å². The van der Waals surface area contributed by atoms with Crippen LogP contribution in [0.5, 0.6) is 0 Å². The molecule has 0 aliphatic rings. The lowest BCUT2D eigenvalue weighted by atomic mass is 10.4. The smallest absolute Gasteiger partial charge is 0.0216 e. The molecule has 0 radical (unpaired) electrons. The average molecular weight is 146 g/mol. The summed E-state index contributed by atoms with van der Waals surface area (Å²) in [5.41, 5.74) is 10.9. The summed E-state index contributed by atoms with van der Waals surface area (Å²) in [6.07, 6.45) is 1.21. The van der Waals surface area contributed by atoms with E-state index in [2.05, 4.69) is 6.92 Å². The van der Waals surface area contributed by atoms with E-state index in [9.17, 15) is 0 Å². The monoisotopic (exact) mass is 146 g/mol. The molecule has 0 aromatic rings. The number of hydrogen-bond donors (Lipinski definition) is 2. The molecule has 0 fully saturated rings. The Bertz CT molecular complexity index is 57.0. The Morgan fingerprint density at radius 2 is 2.22 bits per heavy atom. The Balaban J connectivity index is 2.75. The summed E-state index contributed by atoms with van der Waals surface area (Å²) in [6, 6.07) is 3.08. The van der Waals surface area contributed by atoms with Crippen molar-refractivity contribution in [2.75, 3.05) is 6.54 Å². The molecule has 0 aliphatic heterocycles. The van der Waals surface area contributed by atoms with Gasteiger partial charge < -0.3 is 11.5 Å². The van der Waals surface area contributed by atoms with Crippen molar-refractivity contribution in [1.29, 1.82) is 0 Å². The first kappa shape index (κ1) is 9.14. The SMILES string of the molecule is CC(N)C[SiH2]CCCN. The van der Waals surface area contributed by atoms with Crippen molar-refractivity contribution >= 4 is 9.52 Å². The molecule has 0 rings (SSSR count). The molecule has 9 heavy (non-hydrogen) atoms. The van der Waals surface area contributed by atoms with Gasteiger partial charge in [-0.15, -0.1) is 0 Å². The molecule has 0 saturated heterocycles. The van der Waals surface area contributed by atoms with Gasteiger partial charge in [-0.2, -0.15) is 0 Å². The van der Waals surface area contributed by atoms with Crippen LogP contribution in [0.2, 0.25) is 12.1 Å². The Morgan fingerprint density at radius 3 is 2.67 bits per heavy atom. The third-order valence-electron chi connectivity index (χ3n) is 1.36. The van der Waals surface area contributed by atoms with Gasteiger partial charge in [0.15, 0.2) is 0 Å². The average Bonchev–Trinajstić information content (AvgIpc) is 1.80. The van der Waals surface area contributed by atoms with Crippen LogP contribution in [0.4, 0.5) is 0 Å². The fourth-order valence-electron chi connectivity index (χ4n) is 0.787. The first-order valence-electron chi connectivity index (χ1n) is 3.73. The molecule has 1 atom stereocenters. The van der Waals surface area contributed by atoms with E-state index in [1.807, 2.05) is 0 Å². The molecule has 2 nitrogen and oxygen atoms in total. The molecular weight excluding hydrogens is 128 g/mol. The first-order chi connectivity index (χ1) is 4.27. The maximum Gasteiger partial charge on any atom is 0.0216 e. The largest absolute Gasteiger partial charge is 0.330 e. The molecule has 3 heteroatoms. The summed E-state index contributed by atoms with van der Waals surface area (Å²) < 4.78 is 0. The van der Waals surface area contributed by atoms with Gasteiger partial charge >= 0.3 is 0 Å². The van der Waals surface area contributed by atoms with Crippen LogP contribution in [0.25, 0.3) is 0 Å². The Morgan fingerprint density at radius 1 is 1.56 bits per heavy atom. The van der Waals surface area contributed by atoms with Gasteiger partial charge in [0, 0.05) is 9.52 Å². The van der Waals surface area contributed by atoms with E-state index < -0.39 is 0 Å². The lowest BCUT2D eigenvalue weighted by molar-refractivity contribution is 0.819. The second kappa shape index (κ2) is 6.26. The van der Waals surface area contributed by atoms with Crippen molar-refractivity contribution in [1.82, 2.24) is 0 Å². The summed E-state index contributed by atoms with van der Waals surface area (Å²) in [4.78, 5) is 0. The Hall–Kier alpha value is 0.137. The van der Waals surface area contributed by atoms with Crippen LogP contribution in [0, 0.1) is 0 Å². The quantitative estimate of drug-likeness (QED) is 0.413. The fraction of sp³-hybridized carbons (Fsp3) is 1.00. The van der Waals surface area contributed by atoms with Crippen LogP contribution < -0.4 is 11.5 Å². The highest BCUT2D eigenvalue weighted by Gasteiger charge is 1.92. The minimum Gasteiger partial charge on any atom is -0.330 e. The molecule has 56 valence electrons. The van der Waals surface area contributed by atoms with Gasteiger partial charge in [-0.3, -0.25) is 0 Å². The van der Waals surface area contributed by atoms with Crippen molar-refractivity contribution in [3.63, 3.8) is 0 Å². The van der Waals surface area contributed by atoms with Gasteiger partial charge in [0.05, 0.1) is 0 Å². The van der Waals surface area contributed by atoms with Crippen LogP contribution in [0.1, 0.15) is 13.3 Å². The molecular formula is C6H18N2Si. The molecule has 0 aliphatic carbocycles. The van der Waals surface area contributed by atoms with Gasteiger partial charge in [0.2, 0.25) is 0 Å². The van der Waals surface area contributed by atoms with Crippen LogP contribution in [0.15, 0.2) is 0 Å². The maximum absolute atomic E-state index is 5.58. The molecule has 0 spiro atoms. The minimum atomic E-state index is 0.148. The summed E-state index contributed by atoms with van der Waals surface area (Å²) in [5, 5.41) is 0. The van der Waals surface area contributed by atoms with Gasteiger partial charge in [-0.05, 0) is 25.1 Å². The van der Waals surface area contributed by atoms with Gasteiger partial charge in [-0.1, -0.05) is 13.0 Å². The van der Waals surface area contributed by atoms with Crippen LogP contribution in [-0.2, 0) is 0 Å². The molecule has 0 amide bonds. The van der Waals surface area contributed by atoms with Crippen molar-refractivity contribution in [3.8, 4) is 0 Å². The van der Waals surface area contributed by atoms with Crippen molar-refractivity contribution in [2.45, 2.75) is 31.5 Å². The van der Waals surface area contributed by atoms with E-state index in [0.29, 0.717) is 6.04 Å². The molecule has 0 saturated carbocycles. The first-order valence-corrected chi connectivity index (χ1v) is 5.73. The summed E-state index contributed by atoms with van der Waals surface area (Å²) in [5.74, 6) is 0. The predicted molar refractivity (Wildman–Crippen MR) is 45.5 cm³/mol. The highest BCUT2D eigenvalue weighted by atomic mass is 28.2. The molecule has 0 aromatic carbocycles. The second-order valence-electron chi connectivity index (χ2n) is 2.62. The van der Waals surface area contributed by atoms with E-state index in [-0.39, 0.29) is 9.52 Å². The summed E-state index contributed by atoms with van der Waals surface area (Å²) >= 11 is 0. The molecule has 1 unspecified atom stereocenters. The zero-order chi connectivity index (χ0) is 7.11. The van der Waals surface area contributed by atoms with E-state index in [1.54, 1.807) is 0 Å².